The molecule has 1 amide bonds. The molecule has 2 aliphatic heterocycles. The van der Waals surface area contributed by atoms with E-state index in [2.05, 4.69) is 32.3 Å². The predicted molar refractivity (Wildman–Crippen MR) is 85.5 cm³/mol. The Hall–Kier alpha value is -2.34. The highest BCUT2D eigenvalue weighted by molar-refractivity contribution is 6.28. The third kappa shape index (κ3) is 2.16. The van der Waals surface area contributed by atoms with Crippen LogP contribution in [0.25, 0.3) is 0 Å². The predicted octanol–water partition coefficient (Wildman–Crippen LogP) is 1.78. The number of hydrogen-bond acceptors (Lipinski definition) is 5. The maximum atomic E-state index is 12.4. The van der Waals surface area contributed by atoms with E-state index in [0.29, 0.717) is 24.6 Å². The molecule has 2 aliphatic rings. The van der Waals surface area contributed by atoms with Crippen LogP contribution >= 0.6 is 11.6 Å². The zero-order chi connectivity index (χ0) is 15.1. The number of anilines is 3. The standard InChI is InChI=1S/C15H14ClN5O/c16-15-17-8-11-13(19-15)21-7-6-20(9-12(21)14(22)18-11)10-4-2-1-3-5-10/h1-5,8,12H,6-7,9H2,(H,18,22). The molecule has 1 N–H and O–H groups in total. The van der Waals surface area contributed by atoms with Crippen LogP contribution in [-0.4, -0.2) is 41.6 Å². The van der Waals surface area contributed by atoms with E-state index in [9.17, 15) is 4.79 Å². The summed E-state index contributed by atoms with van der Waals surface area (Å²) >= 11 is 5.90. The van der Waals surface area contributed by atoms with E-state index in [-0.39, 0.29) is 17.2 Å². The number of piperazine rings is 1. The van der Waals surface area contributed by atoms with E-state index in [1.54, 1.807) is 6.20 Å². The number of nitrogens with zero attached hydrogens (tertiary/aromatic N) is 4. The van der Waals surface area contributed by atoms with Gasteiger partial charge in [-0.2, -0.15) is 4.98 Å². The van der Waals surface area contributed by atoms with Gasteiger partial charge in [-0.25, -0.2) is 4.98 Å². The van der Waals surface area contributed by atoms with Crippen LogP contribution in [0, 0.1) is 0 Å². The Morgan fingerprint density at radius 2 is 2.05 bits per heavy atom. The Balaban J connectivity index is 1.65. The van der Waals surface area contributed by atoms with Gasteiger partial charge in [0.05, 0.1) is 6.20 Å². The van der Waals surface area contributed by atoms with Crippen molar-refractivity contribution < 1.29 is 4.79 Å². The number of hydrogen-bond donors (Lipinski definition) is 1. The number of amides is 1. The molecule has 1 unspecified atom stereocenters. The van der Waals surface area contributed by atoms with Crippen molar-refractivity contribution in [2.24, 2.45) is 0 Å². The van der Waals surface area contributed by atoms with Crippen molar-refractivity contribution in [3.63, 3.8) is 0 Å². The van der Waals surface area contributed by atoms with Gasteiger partial charge in [0.25, 0.3) is 0 Å². The van der Waals surface area contributed by atoms with E-state index < -0.39 is 0 Å². The zero-order valence-corrected chi connectivity index (χ0v) is 12.5. The molecule has 1 atom stereocenters. The van der Waals surface area contributed by atoms with Crippen LogP contribution in [0.4, 0.5) is 17.2 Å². The van der Waals surface area contributed by atoms with Crippen LogP contribution in [0.2, 0.25) is 5.28 Å². The monoisotopic (exact) mass is 315 g/mol. The molecular formula is C15H14ClN5O. The van der Waals surface area contributed by atoms with Gasteiger partial charge in [0.2, 0.25) is 11.2 Å². The van der Waals surface area contributed by atoms with E-state index in [1.165, 1.54) is 0 Å². The molecule has 0 aliphatic carbocycles. The molecule has 0 radical (unpaired) electrons. The summed E-state index contributed by atoms with van der Waals surface area (Å²) in [5.74, 6) is 0.677. The van der Waals surface area contributed by atoms with Crippen molar-refractivity contribution in [2.75, 3.05) is 34.8 Å². The molecule has 1 aromatic carbocycles. The highest BCUT2D eigenvalue weighted by Gasteiger charge is 2.38. The summed E-state index contributed by atoms with van der Waals surface area (Å²) in [7, 11) is 0. The lowest BCUT2D eigenvalue weighted by atomic mass is 10.1. The van der Waals surface area contributed by atoms with Gasteiger partial charge in [0.1, 0.15) is 11.7 Å². The molecule has 0 bridgehead atoms. The molecule has 3 heterocycles. The summed E-state index contributed by atoms with van der Waals surface area (Å²) in [6, 6.07) is 9.85. The summed E-state index contributed by atoms with van der Waals surface area (Å²) in [5.41, 5.74) is 1.75. The van der Waals surface area contributed by atoms with Crippen LogP contribution in [0.1, 0.15) is 0 Å². The van der Waals surface area contributed by atoms with Gasteiger partial charge in [0, 0.05) is 25.3 Å². The molecule has 2 aromatic rings. The van der Waals surface area contributed by atoms with E-state index in [4.69, 9.17) is 11.6 Å². The summed E-state index contributed by atoms with van der Waals surface area (Å²) < 4.78 is 0. The van der Waals surface area contributed by atoms with Crippen LogP contribution < -0.4 is 15.1 Å². The van der Waals surface area contributed by atoms with Crippen LogP contribution in [0.5, 0.6) is 0 Å². The fraction of sp³-hybridized carbons (Fsp3) is 0.267. The number of rotatable bonds is 1. The fourth-order valence-electron chi connectivity index (χ4n) is 3.01. The maximum absolute atomic E-state index is 12.4. The summed E-state index contributed by atoms with van der Waals surface area (Å²) in [6.45, 7) is 2.17. The zero-order valence-electron chi connectivity index (χ0n) is 11.7. The van der Waals surface area contributed by atoms with Gasteiger partial charge in [-0.3, -0.25) is 4.79 Å². The van der Waals surface area contributed by atoms with Crippen molar-refractivity contribution in [1.29, 1.82) is 0 Å². The van der Waals surface area contributed by atoms with E-state index >= 15 is 0 Å². The number of aromatic nitrogens is 2. The Morgan fingerprint density at radius 1 is 1.23 bits per heavy atom. The normalized spacial score (nSPS) is 20.2. The molecule has 4 rings (SSSR count). The number of fused-ring (bicyclic) bond motifs is 3. The third-order valence-electron chi connectivity index (χ3n) is 4.07. The van der Waals surface area contributed by atoms with Crippen molar-refractivity contribution in [2.45, 2.75) is 6.04 Å². The van der Waals surface area contributed by atoms with Crippen LogP contribution in [0.3, 0.4) is 0 Å². The SMILES string of the molecule is O=C1Nc2cnc(Cl)nc2N2CCN(c3ccccc3)CC12. The number of halogens is 1. The van der Waals surface area contributed by atoms with Crippen molar-refractivity contribution in [3.05, 3.63) is 41.8 Å². The summed E-state index contributed by atoms with van der Waals surface area (Å²) in [6.07, 6.45) is 1.56. The van der Waals surface area contributed by atoms with E-state index in [1.807, 2.05) is 23.1 Å². The minimum atomic E-state index is -0.271. The average molecular weight is 316 g/mol. The highest BCUT2D eigenvalue weighted by Crippen LogP contribution is 2.32. The average Bonchev–Trinajstić information content (AvgIpc) is 2.56. The van der Waals surface area contributed by atoms with Gasteiger partial charge < -0.3 is 15.1 Å². The first-order chi connectivity index (χ1) is 10.7. The van der Waals surface area contributed by atoms with Crippen molar-refractivity contribution in [3.8, 4) is 0 Å². The smallest absolute Gasteiger partial charge is 0.249 e. The van der Waals surface area contributed by atoms with Gasteiger partial charge >= 0.3 is 0 Å². The quantitative estimate of drug-likeness (QED) is 0.813. The first-order valence-corrected chi connectivity index (χ1v) is 7.50. The van der Waals surface area contributed by atoms with E-state index in [0.717, 1.165) is 12.2 Å². The summed E-state index contributed by atoms with van der Waals surface area (Å²) in [4.78, 5) is 24.8. The third-order valence-corrected chi connectivity index (χ3v) is 4.26. The minimum Gasteiger partial charge on any atom is -0.367 e. The van der Waals surface area contributed by atoms with Crippen molar-refractivity contribution in [1.82, 2.24) is 9.97 Å². The highest BCUT2D eigenvalue weighted by atomic mass is 35.5. The molecule has 112 valence electrons. The maximum Gasteiger partial charge on any atom is 0.249 e. The lowest BCUT2D eigenvalue weighted by Crippen LogP contribution is -2.60. The molecule has 0 saturated carbocycles. The van der Waals surface area contributed by atoms with Crippen LogP contribution in [0.15, 0.2) is 36.5 Å². The lowest BCUT2D eigenvalue weighted by Gasteiger charge is -2.44. The molecule has 7 heteroatoms. The van der Waals surface area contributed by atoms with Gasteiger partial charge in [-0.05, 0) is 23.7 Å². The number of carbonyl (C=O) groups is 1. The second-order valence-electron chi connectivity index (χ2n) is 5.36. The van der Waals surface area contributed by atoms with Crippen LogP contribution in [-0.2, 0) is 4.79 Å². The van der Waals surface area contributed by atoms with Gasteiger partial charge in [-0.1, -0.05) is 18.2 Å². The van der Waals surface area contributed by atoms with Gasteiger partial charge in [-0.15, -0.1) is 0 Å². The summed E-state index contributed by atoms with van der Waals surface area (Å²) in [5, 5.41) is 3.06. The molecule has 1 aromatic heterocycles. The number of carbonyl (C=O) groups excluding carboxylic acids is 1. The molecule has 22 heavy (non-hydrogen) atoms. The second-order valence-corrected chi connectivity index (χ2v) is 5.69. The molecule has 1 saturated heterocycles. The fourth-order valence-corrected chi connectivity index (χ4v) is 3.14. The molecule has 1 fully saturated rings. The van der Waals surface area contributed by atoms with Gasteiger partial charge in [0.15, 0.2) is 5.82 Å². The number of para-hydroxylation sites is 1. The first kappa shape index (κ1) is 13.3. The minimum absolute atomic E-state index is 0.0287. The topological polar surface area (TPSA) is 61.4 Å². The lowest BCUT2D eigenvalue weighted by molar-refractivity contribution is -0.117. The first-order valence-electron chi connectivity index (χ1n) is 7.12. The Bertz CT molecular complexity index is 723. The number of nitrogens with one attached hydrogen (secondary N) is 1. The Labute approximate surface area is 132 Å². The Kier molecular flexibility index (Phi) is 3.11. The van der Waals surface area contributed by atoms with Crippen molar-refractivity contribution >= 4 is 34.7 Å². The Morgan fingerprint density at radius 3 is 2.86 bits per heavy atom. The second kappa shape index (κ2) is 5.14. The molecule has 6 nitrogen and oxygen atoms in total. The number of benzene rings is 1. The molecular weight excluding hydrogens is 302 g/mol. The largest absolute Gasteiger partial charge is 0.367 e. The molecule has 0 spiro atoms.